The Balaban J connectivity index is 0.000000421. The minimum Gasteiger partial charge on any atom is -0.496 e. The first-order valence-corrected chi connectivity index (χ1v) is 9.05. The molecule has 0 radical (unpaired) electrons. The highest BCUT2D eigenvalue weighted by molar-refractivity contribution is 5.33. The molecule has 0 aliphatic heterocycles. The summed E-state index contributed by atoms with van der Waals surface area (Å²) in [6, 6.07) is 3.80. The van der Waals surface area contributed by atoms with E-state index < -0.39 is 0 Å². The second kappa shape index (κ2) is 13.2. The molecule has 0 atom stereocenters. The molecule has 0 saturated heterocycles. The van der Waals surface area contributed by atoms with Crippen LogP contribution >= 0.6 is 0 Å². The minimum absolute atomic E-state index is 0.471. The lowest BCUT2D eigenvalue weighted by Crippen LogP contribution is -1.98. The molecule has 0 N–H and O–H groups in total. The average Bonchev–Trinajstić information content (AvgIpc) is 2.64. The van der Waals surface area contributed by atoms with Gasteiger partial charge in [-0.3, -0.25) is 9.97 Å². The second-order valence-corrected chi connectivity index (χ2v) is 5.77. The zero-order chi connectivity index (χ0) is 19.2. The third kappa shape index (κ3) is 8.01. The Morgan fingerprint density at radius 3 is 1.64 bits per heavy atom. The van der Waals surface area contributed by atoms with Gasteiger partial charge in [0.25, 0.3) is 0 Å². The van der Waals surface area contributed by atoms with Crippen molar-refractivity contribution in [1.82, 2.24) is 9.97 Å². The molecule has 0 fully saturated rings. The van der Waals surface area contributed by atoms with E-state index in [0.29, 0.717) is 18.4 Å². The fourth-order valence-corrected chi connectivity index (χ4v) is 2.13. The summed E-state index contributed by atoms with van der Waals surface area (Å²) >= 11 is 0. The summed E-state index contributed by atoms with van der Waals surface area (Å²) in [6.07, 6.45) is 7.22. The number of aromatic nitrogens is 2. The number of ether oxygens (including phenoxy) is 2. The van der Waals surface area contributed by atoms with Crippen LogP contribution < -0.4 is 9.47 Å². The highest BCUT2D eigenvalue weighted by Crippen LogP contribution is 2.25. The van der Waals surface area contributed by atoms with Crippen LogP contribution in [0.1, 0.15) is 71.4 Å². The third-order valence-electron chi connectivity index (χ3n) is 3.38. The van der Waals surface area contributed by atoms with Gasteiger partial charge in [-0.05, 0) is 30.9 Å². The van der Waals surface area contributed by atoms with E-state index in [1.54, 1.807) is 19.5 Å². The average molecular weight is 347 g/mol. The maximum absolute atomic E-state index is 5.46. The van der Waals surface area contributed by atoms with Crippen LogP contribution in [0.5, 0.6) is 11.5 Å². The van der Waals surface area contributed by atoms with Crippen LogP contribution in [0.3, 0.4) is 0 Å². The summed E-state index contributed by atoms with van der Waals surface area (Å²) in [5.41, 5.74) is 2.34. The van der Waals surface area contributed by atoms with Crippen LogP contribution in [-0.4, -0.2) is 23.7 Å². The molecular formula is C21H34N2O2. The predicted octanol–water partition coefficient (Wildman–Crippen LogP) is 5.84. The topological polar surface area (TPSA) is 44.2 Å². The largest absolute Gasteiger partial charge is 0.496 e. The van der Waals surface area contributed by atoms with E-state index in [-0.39, 0.29) is 0 Å². The molecular weight excluding hydrogens is 312 g/mol. The van der Waals surface area contributed by atoms with Crippen molar-refractivity contribution < 1.29 is 9.47 Å². The maximum Gasteiger partial charge on any atom is 0.125 e. The normalized spacial score (nSPS) is 9.68. The molecule has 2 aromatic rings. The van der Waals surface area contributed by atoms with Gasteiger partial charge in [-0.1, -0.05) is 41.5 Å². The van der Waals surface area contributed by atoms with Crippen molar-refractivity contribution in [2.45, 2.75) is 60.3 Å². The maximum atomic E-state index is 5.46. The second-order valence-electron chi connectivity index (χ2n) is 5.77. The lowest BCUT2D eigenvalue weighted by Gasteiger charge is -2.11. The van der Waals surface area contributed by atoms with E-state index >= 15 is 0 Å². The van der Waals surface area contributed by atoms with Crippen molar-refractivity contribution in [2.24, 2.45) is 0 Å². The molecule has 2 rings (SSSR count). The monoisotopic (exact) mass is 346 g/mol. The molecule has 25 heavy (non-hydrogen) atoms. The number of rotatable bonds is 5. The van der Waals surface area contributed by atoms with Gasteiger partial charge in [0.05, 0.1) is 13.7 Å². The molecule has 140 valence electrons. The molecule has 0 aliphatic rings. The Hall–Kier alpha value is -2.10. The fourth-order valence-electron chi connectivity index (χ4n) is 2.13. The van der Waals surface area contributed by atoms with Gasteiger partial charge in [0, 0.05) is 35.9 Å². The van der Waals surface area contributed by atoms with Gasteiger partial charge in [-0.25, -0.2) is 0 Å². The predicted molar refractivity (Wildman–Crippen MR) is 106 cm³/mol. The Bertz CT molecular complexity index is 584. The van der Waals surface area contributed by atoms with E-state index in [9.17, 15) is 0 Å². The van der Waals surface area contributed by atoms with Gasteiger partial charge < -0.3 is 9.47 Å². The molecule has 0 spiro atoms. The van der Waals surface area contributed by atoms with Gasteiger partial charge in [-0.15, -0.1) is 0 Å². The number of nitrogens with zero attached hydrogens (tertiary/aromatic N) is 2. The molecule has 0 unspecified atom stereocenters. The van der Waals surface area contributed by atoms with Crippen LogP contribution in [0.15, 0.2) is 36.9 Å². The van der Waals surface area contributed by atoms with Crippen molar-refractivity contribution in [3.8, 4) is 11.5 Å². The molecule has 0 saturated carbocycles. The lowest BCUT2D eigenvalue weighted by molar-refractivity contribution is 0.334. The smallest absolute Gasteiger partial charge is 0.125 e. The molecule has 0 amide bonds. The SMILES string of the molecule is CC.CCOc1ccncc1C(C)C.COc1ccncc1C(C)C. The van der Waals surface area contributed by atoms with Crippen LogP contribution in [-0.2, 0) is 0 Å². The summed E-state index contributed by atoms with van der Waals surface area (Å²) in [6.45, 7) is 15.2. The summed E-state index contributed by atoms with van der Waals surface area (Å²) in [7, 11) is 1.68. The highest BCUT2D eigenvalue weighted by Gasteiger charge is 2.06. The summed E-state index contributed by atoms with van der Waals surface area (Å²) in [5.74, 6) is 2.83. The summed E-state index contributed by atoms with van der Waals surface area (Å²) < 4.78 is 10.6. The van der Waals surface area contributed by atoms with E-state index in [1.165, 1.54) is 5.56 Å². The van der Waals surface area contributed by atoms with Crippen LogP contribution in [0.25, 0.3) is 0 Å². The van der Waals surface area contributed by atoms with Crippen molar-refractivity contribution in [1.29, 1.82) is 0 Å². The van der Waals surface area contributed by atoms with Gasteiger partial charge in [-0.2, -0.15) is 0 Å². The van der Waals surface area contributed by atoms with Crippen LogP contribution in [0.4, 0.5) is 0 Å². The van der Waals surface area contributed by atoms with Crippen molar-refractivity contribution in [2.75, 3.05) is 13.7 Å². The Kier molecular flexibility index (Phi) is 12.1. The fraction of sp³-hybridized carbons (Fsp3) is 0.524. The zero-order valence-electron chi connectivity index (χ0n) is 17.0. The summed E-state index contributed by atoms with van der Waals surface area (Å²) in [5, 5.41) is 0. The number of pyridine rings is 2. The zero-order valence-corrected chi connectivity index (χ0v) is 17.0. The van der Waals surface area contributed by atoms with E-state index in [0.717, 1.165) is 17.1 Å². The molecule has 4 heteroatoms. The van der Waals surface area contributed by atoms with Gasteiger partial charge in [0.1, 0.15) is 11.5 Å². The quantitative estimate of drug-likeness (QED) is 0.682. The van der Waals surface area contributed by atoms with E-state index in [2.05, 4.69) is 37.7 Å². The first kappa shape index (κ1) is 22.9. The number of hydrogen-bond acceptors (Lipinski definition) is 4. The molecule has 0 aromatic carbocycles. The first-order chi connectivity index (χ1) is 12.0. The number of methoxy groups -OCH3 is 1. The highest BCUT2D eigenvalue weighted by atomic mass is 16.5. The van der Waals surface area contributed by atoms with Crippen LogP contribution in [0, 0.1) is 0 Å². The molecule has 0 bridgehead atoms. The molecule has 2 heterocycles. The van der Waals surface area contributed by atoms with Crippen molar-refractivity contribution >= 4 is 0 Å². The van der Waals surface area contributed by atoms with E-state index in [4.69, 9.17) is 9.47 Å². The third-order valence-corrected chi connectivity index (χ3v) is 3.38. The van der Waals surface area contributed by atoms with E-state index in [1.807, 2.05) is 45.3 Å². The first-order valence-electron chi connectivity index (χ1n) is 9.05. The lowest BCUT2D eigenvalue weighted by atomic mass is 10.1. The summed E-state index contributed by atoms with van der Waals surface area (Å²) in [4.78, 5) is 8.10. The molecule has 0 aliphatic carbocycles. The minimum atomic E-state index is 0.471. The molecule has 4 nitrogen and oxygen atoms in total. The van der Waals surface area contributed by atoms with Gasteiger partial charge in [0.2, 0.25) is 0 Å². The Labute approximate surface area is 153 Å². The van der Waals surface area contributed by atoms with Crippen LogP contribution in [0.2, 0.25) is 0 Å². The van der Waals surface area contributed by atoms with Crippen molar-refractivity contribution in [3.63, 3.8) is 0 Å². The van der Waals surface area contributed by atoms with Gasteiger partial charge >= 0.3 is 0 Å². The number of hydrogen-bond donors (Lipinski definition) is 0. The molecule has 2 aromatic heterocycles. The Morgan fingerprint density at radius 2 is 1.28 bits per heavy atom. The standard InChI is InChI=1S/C10H15NO.C9H13NO.C2H6/c1-4-12-10-5-6-11-7-9(10)8(2)3;1-7(2)8-6-10-5-4-9(8)11-3;1-2/h5-8H,4H2,1-3H3;4-7H,1-3H3;1-2H3. The Morgan fingerprint density at radius 1 is 0.840 bits per heavy atom. The van der Waals surface area contributed by atoms with Gasteiger partial charge in [0.15, 0.2) is 0 Å². The van der Waals surface area contributed by atoms with Crippen molar-refractivity contribution in [3.05, 3.63) is 48.0 Å².